The molecule has 2 aliphatic rings. The van der Waals surface area contributed by atoms with Crippen LogP contribution in [0.3, 0.4) is 0 Å². The van der Waals surface area contributed by atoms with Gasteiger partial charge in [-0.2, -0.15) is 0 Å². The summed E-state index contributed by atoms with van der Waals surface area (Å²) in [5.74, 6) is 0.482. The van der Waals surface area contributed by atoms with Crippen molar-refractivity contribution in [2.75, 3.05) is 46.1 Å². The Kier molecular flexibility index (Phi) is 6.67. The molecule has 2 atom stereocenters. The van der Waals surface area contributed by atoms with Crippen LogP contribution in [0, 0.1) is 12.8 Å². The van der Waals surface area contributed by atoms with Crippen molar-refractivity contribution in [1.29, 1.82) is 0 Å². The number of aryl methyl sites for hydroxylation is 1. The zero-order valence-electron chi connectivity index (χ0n) is 15.0. The number of morpholine rings is 1. The van der Waals surface area contributed by atoms with E-state index in [0.717, 1.165) is 51.5 Å². The Morgan fingerprint density at radius 2 is 1.92 bits per heavy atom. The minimum Gasteiger partial charge on any atom is -0.381 e. The lowest BCUT2D eigenvalue weighted by Crippen LogP contribution is -2.53. The highest BCUT2D eigenvalue weighted by atomic mass is 16.5. The number of hydrogen-bond donors (Lipinski definition) is 2. The second-order valence-electron chi connectivity index (χ2n) is 6.89. The van der Waals surface area contributed by atoms with Crippen LogP contribution in [0.1, 0.15) is 17.5 Å². The number of hydrogen-bond acceptors (Lipinski definition) is 4. The lowest BCUT2D eigenvalue weighted by Gasteiger charge is -2.37. The number of benzene rings is 1. The van der Waals surface area contributed by atoms with Gasteiger partial charge in [-0.1, -0.05) is 29.8 Å². The van der Waals surface area contributed by atoms with Gasteiger partial charge < -0.3 is 20.1 Å². The van der Waals surface area contributed by atoms with Gasteiger partial charge in [-0.25, -0.2) is 4.79 Å². The number of carbonyl (C=O) groups excluding carboxylic acids is 1. The summed E-state index contributed by atoms with van der Waals surface area (Å²) < 4.78 is 11.0. The third kappa shape index (κ3) is 5.42. The van der Waals surface area contributed by atoms with Crippen molar-refractivity contribution in [3.63, 3.8) is 0 Å². The molecule has 25 heavy (non-hydrogen) atoms. The Hall–Kier alpha value is -1.63. The van der Waals surface area contributed by atoms with E-state index in [1.165, 1.54) is 5.56 Å². The molecule has 2 fully saturated rings. The quantitative estimate of drug-likeness (QED) is 0.819. The molecule has 1 aromatic carbocycles. The molecule has 0 radical (unpaired) electrons. The minimum atomic E-state index is -0.113. The number of nitrogens with zero attached hydrogens (tertiary/aromatic N) is 1. The van der Waals surface area contributed by atoms with Crippen molar-refractivity contribution in [3.05, 3.63) is 35.4 Å². The molecule has 2 heterocycles. The number of amides is 2. The van der Waals surface area contributed by atoms with Crippen molar-refractivity contribution in [2.45, 2.75) is 25.9 Å². The molecule has 6 heteroatoms. The van der Waals surface area contributed by atoms with E-state index in [9.17, 15) is 4.79 Å². The first-order chi connectivity index (χ1) is 12.2. The molecule has 0 bridgehead atoms. The maximum atomic E-state index is 12.2. The summed E-state index contributed by atoms with van der Waals surface area (Å²) in [5.41, 5.74) is 2.33. The number of rotatable bonds is 6. The van der Waals surface area contributed by atoms with Gasteiger partial charge in [-0.05, 0) is 18.9 Å². The van der Waals surface area contributed by atoms with Crippen molar-refractivity contribution in [2.24, 2.45) is 5.92 Å². The predicted molar refractivity (Wildman–Crippen MR) is 96.5 cm³/mol. The van der Waals surface area contributed by atoms with Crippen molar-refractivity contribution >= 4 is 6.03 Å². The largest absolute Gasteiger partial charge is 0.381 e. The van der Waals surface area contributed by atoms with Crippen LogP contribution in [-0.4, -0.2) is 63.0 Å². The summed E-state index contributed by atoms with van der Waals surface area (Å²) in [6.07, 6.45) is 1.06. The van der Waals surface area contributed by atoms with Crippen LogP contribution in [0.5, 0.6) is 0 Å². The fourth-order valence-corrected chi connectivity index (χ4v) is 3.51. The smallest absolute Gasteiger partial charge is 0.315 e. The van der Waals surface area contributed by atoms with Crippen LogP contribution in [0.2, 0.25) is 0 Å². The minimum absolute atomic E-state index is 0.113. The summed E-state index contributed by atoms with van der Waals surface area (Å²) in [6, 6.07) is 8.41. The van der Waals surface area contributed by atoms with E-state index in [1.807, 2.05) is 12.1 Å². The van der Waals surface area contributed by atoms with Gasteiger partial charge in [0, 0.05) is 44.7 Å². The van der Waals surface area contributed by atoms with Crippen molar-refractivity contribution in [3.8, 4) is 0 Å². The monoisotopic (exact) mass is 347 g/mol. The molecular weight excluding hydrogens is 318 g/mol. The third-order valence-electron chi connectivity index (χ3n) is 5.07. The highest BCUT2D eigenvalue weighted by Gasteiger charge is 2.31. The van der Waals surface area contributed by atoms with Gasteiger partial charge in [0.25, 0.3) is 0 Å². The maximum absolute atomic E-state index is 12.2. The molecule has 2 N–H and O–H groups in total. The van der Waals surface area contributed by atoms with E-state index in [2.05, 4.69) is 34.6 Å². The maximum Gasteiger partial charge on any atom is 0.315 e. The molecule has 1 aromatic rings. The first-order valence-electron chi connectivity index (χ1n) is 9.19. The molecule has 2 amide bonds. The van der Waals surface area contributed by atoms with Gasteiger partial charge >= 0.3 is 6.03 Å². The number of carbonyl (C=O) groups is 1. The average molecular weight is 347 g/mol. The Labute approximate surface area is 149 Å². The van der Waals surface area contributed by atoms with Crippen LogP contribution >= 0.6 is 0 Å². The van der Waals surface area contributed by atoms with E-state index in [0.29, 0.717) is 25.0 Å². The first kappa shape index (κ1) is 18.2. The zero-order chi connectivity index (χ0) is 17.5. The molecule has 6 nitrogen and oxygen atoms in total. The topological polar surface area (TPSA) is 62.8 Å². The SMILES string of the molecule is Cc1ccc(CNC(=O)NC[C@@H]([C@@H]2CCOC2)N2CCOCC2)cc1. The van der Waals surface area contributed by atoms with Gasteiger partial charge in [0.05, 0.1) is 19.8 Å². The Bertz CT molecular complexity index is 537. The second-order valence-corrected chi connectivity index (χ2v) is 6.89. The highest BCUT2D eigenvalue weighted by molar-refractivity contribution is 5.73. The zero-order valence-corrected chi connectivity index (χ0v) is 15.0. The molecule has 0 saturated carbocycles. The van der Waals surface area contributed by atoms with Crippen molar-refractivity contribution in [1.82, 2.24) is 15.5 Å². The van der Waals surface area contributed by atoms with E-state index in [-0.39, 0.29) is 6.03 Å². The van der Waals surface area contributed by atoms with E-state index in [1.54, 1.807) is 0 Å². The molecule has 2 aliphatic heterocycles. The summed E-state index contributed by atoms with van der Waals surface area (Å²) in [5, 5.41) is 5.99. The third-order valence-corrected chi connectivity index (χ3v) is 5.07. The Balaban J connectivity index is 1.47. The predicted octanol–water partition coefficient (Wildman–Crippen LogP) is 1.53. The molecular formula is C19H29N3O3. The summed E-state index contributed by atoms with van der Waals surface area (Å²) >= 11 is 0. The Morgan fingerprint density at radius 3 is 2.60 bits per heavy atom. The summed E-state index contributed by atoms with van der Waals surface area (Å²) in [6.45, 7) is 8.24. The Morgan fingerprint density at radius 1 is 1.16 bits per heavy atom. The molecule has 0 unspecified atom stereocenters. The summed E-state index contributed by atoms with van der Waals surface area (Å²) in [7, 11) is 0. The molecule has 3 rings (SSSR count). The second kappa shape index (κ2) is 9.17. The molecule has 0 aliphatic carbocycles. The average Bonchev–Trinajstić information content (AvgIpc) is 3.17. The molecule has 138 valence electrons. The molecule has 0 spiro atoms. The van der Waals surface area contributed by atoms with Crippen LogP contribution < -0.4 is 10.6 Å². The number of ether oxygens (including phenoxy) is 2. The van der Waals surface area contributed by atoms with E-state index < -0.39 is 0 Å². The molecule has 0 aromatic heterocycles. The molecule has 2 saturated heterocycles. The van der Waals surface area contributed by atoms with Crippen LogP contribution in [0.25, 0.3) is 0 Å². The van der Waals surface area contributed by atoms with Gasteiger partial charge in [0.1, 0.15) is 0 Å². The lowest BCUT2D eigenvalue weighted by molar-refractivity contribution is 0.00212. The summed E-state index contributed by atoms with van der Waals surface area (Å²) in [4.78, 5) is 14.6. The van der Waals surface area contributed by atoms with Gasteiger partial charge in [0.2, 0.25) is 0 Å². The fraction of sp³-hybridized carbons (Fsp3) is 0.632. The first-order valence-corrected chi connectivity index (χ1v) is 9.19. The van der Waals surface area contributed by atoms with Crippen molar-refractivity contribution < 1.29 is 14.3 Å². The normalized spacial score (nSPS) is 22.5. The van der Waals surface area contributed by atoms with Gasteiger partial charge in [-0.15, -0.1) is 0 Å². The van der Waals surface area contributed by atoms with Gasteiger partial charge in [0.15, 0.2) is 0 Å². The van der Waals surface area contributed by atoms with Crippen LogP contribution in [0.4, 0.5) is 4.79 Å². The number of urea groups is 1. The van der Waals surface area contributed by atoms with E-state index >= 15 is 0 Å². The van der Waals surface area contributed by atoms with Gasteiger partial charge in [-0.3, -0.25) is 4.90 Å². The van der Waals surface area contributed by atoms with E-state index in [4.69, 9.17) is 9.47 Å². The number of nitrogens with one attached hydrogen (secondary N) is 2. The van der Waals surface area contributed by atoms with Crippen LogP contribution in [-0.2, 0) is 16.0 Å². The fourth-order valence-electron chi connectivity index (χ4n) is 3.51. The highest BCUT2D eigenvalue weighted by Crippen LogP contribution is 2.21. The van der Waals surface area contributed by atoms with Crippen LogP contribution in [0.15, 0.2) is 24.3 Å². The lowest BCUT2D eigenvalue weighted by atomic mass is 9.97. The standard InChI is InChI=1S/C19H29N3O3/c1-15-2-4-16(5-3-15)12-20-19(23)21-13-18(17-6-9-25-14-17)22-7-10-24-11-8-22/h2-5,17-18H,6-14H2,1H3,(H2,20,21,23)/t17-,18+/m1/s1.